The number of thioether (sulfide) groups is 1. The van der Waals surface area contributed by atoms with E-state index in [2.05, 4.69) is 10.2 Å². The van der Waals surface area contributed by atoms with Crippen LogP contribution in [0.5, 0.6) is 0 Å². The zero-order valence-corrected chi connectivity index (χ0v) is 17.9. The van der Waals surface area contributed by atoms with Gasteiger partial charge >= 0.3 is 0 Å². The molecule has 33 heavy (non-hydrogen) atoms. The van der Waals surface area contributed by atoms with Crippen molar-refractivity contribution in [2.24, 2.45) is 0 Å². The summed E-state index contributed by atoms with van der Waals surface area (Å²) in [6.07, 6.45) is 1.96. The Morgan fingerprint density at radius 3 is 2.55 bits per heavy atom. The highest BCUT2D eigenvalue weighted by atomic mass is 32.2. The molecule has 3 heterocycles. The molecule has 0 aliphatic carbocycles. The second kappa shape index (κ2) is 10.7. The standard InChI is InChI=1S/C24H23N4O2S.2CH4/c1-17(27-9-11-30-12-10-27)19-7-8-21-22(13-19)26-24(31-16-20-14-25-20)28(23(21)29)15-18-5-3-2-4-6-18;;/h1-8,13-14,25H,9-12,15-16H2;2*1H4. The molecule has 173 valence electrons. The van der Waals surface area contributed by atoms with Crippen molar-refractivity contribution in [2.75, 3.05) is 32.1 Å². The highest BCUT2D eigenvalue weighted by Gasteiger charge is 2.18. The SMILES string of the molecule is C.C.[CH]=C(c1ccc2c(=O)n(Cc3ccccc3)c(SCC3=CN3)nc2c1)N1CCOCC1. The molecule has 1 saturated heterocycles. The van der Waals surface area contributed by atoms with E-state index in [4.69, 9.17) is 16.3 Å². The van der Waals surface area contributed by atoms with Crippen molar-refractivity contribution < 1.29 is 4.74 Å². The molecule has 1 N–H and O–H groups in total. The van der Waals surface area contributed by atoms with Crippen LogP contribution in [0.25, 0.3) is 16.6 Å². The molecular formula is C26H31N4O2S. The fraction of sp³-hybridized carbons (Fsp3) is 0.308. The van der Waals surface area contributed by atoms with Gasteiger partial charge in [-0.25, -0.2) is 4.98 Å². The maximum atomic E-state index is 13.4. The number of rotatable bonds is 7. The minimum absolute atomic E-state index is 0. The molecule has 0 atom stereocenters. The Morgan fingerprint density at radius 1 is 1.12 bits per heavy atom. The number of hydrogen-bond donors (Lipinski definition) is 1. The van der Waals surface area contributed by atoms with Gasteiger partial charge in [0.2, 0.25) is 0 Å². The molecule has 2 aromatic carbocycles. The third-order valence-corrected chi connectivity index (χ3v) is 6.48. The van der Waals surface area contributed by atoms with E-state index in [1.54, 1.807) is 16.3 Å². The van der Waals surface area contributed by atoms with E-state index in [9.17, 15) is 4.79 Å². The number of benzene rings is 2. The van der Waals surface area contributed by atoms with Crippen LogP contribution in [0.4, 0.5) is 0 Å². The predicted molar refractivity (Wildman–Crippen MR) is 137 cm³/mol. The van der Waals surface area contributed by atoms with Crippen LogP contribution in [0.2, 0.25) is 0 Å². The van der Waals surface area contributed by atoms with Crippen LogP contribution in [0.15, 0.2) is 70.4 Å². The highest BCUT2D eigenvalue weighted by molar-refractivity contribution is 7.99. The van der Waals surface area contributed by atoms with Crippen molar-refractivity contribution >= 4 is 28.4 Å². The van der Waals surface area contributed by atoms with E-state index in [1.165, 1.54) is 0 Å². The minimum Gasteiger partial charge on any atom is -0.378 e. The molecule has 1 aromatic heterocycles. The van der Waals surface area contributed by atoms with E-state index in [1.807, 2.05) is 54.7 Å². The fourth-order valence-corrected chi connectivity index (χ4v) is 4.56. The summed E-state index contributed by atoms with van der Waals surface area (Å²) in [4.78, 5) is 20.4. The number of hydrogen-bond acceptors (Lipinski definition) is 6. The van der Waals surface area contributed by atoms with Gasteiger partial charge in [-0.3, -0.25) is 9.36 Å². The zero-order chi connectivity index (χ0) is 21.2. The summed E-state index contributed by atoms with van der Waals surface area (Å²) in [7, 11) is 0. The first kappa shape index (κ1) is 24.6. The molecule has 6 nitrogen and oxygen atoms in total. The average Bonchev–Trinajstić information content (AvgIpc) is 3.65. The Hall–Kier alpha value is -3.03. The molecule has 0 saturated carbocycles. The van der Waals surface area contributed by atoms with Crippen molar-refractivity contribution in [3.8, 4) is 0 Å². The number of nitrogens with zero attached hydrogens (tertiary/aromatic N) is 3. The van der Waals surface area contributed by atoms with Gasteiger partial charge in [-0.05, 0) is 29.8 Å². The van der Waals surface area contributed by atoms with Crippen molar-refractivity contribution in [3.63, 3.8) is 0 Å². The first-order chi connectivity index (χ1) is 15.2. The average molecular weight is 464 g/mol. The van der Waals surface area contributed by atoms with Crippen LogP contribution in [0.3, 0.4) is 0 Å². The summed E-state index contributed by atoms with van der Waals surface area (Å²) in [5.74, 6) is 0.758. The van der Waals surface area contributed by atoms with Gasteiger partial charge in [-0.15, -0.1) is 0 Å². The smallest absolute Gasteiger partial charge is 0.262 e. The third kappa shape index (κ3) is 5.49. The second-order valence-corrected chi connectivity index (χ2v) is 8.53. The van der Waals surface area contributed by atoms with Crippen LogP contribution in [-0.4, -0.2) is 46.5 Å². The molecule has 7 heteroatoms. The quantitative estimate of drug-likeness (QED) is 0.415. The van der Waals surface area contributed by atoms with Gasteiger partial charge in [-0.2, -0.15) is 0 Å². The molecule has 0 amide bonds. The van der Waals surface area contributed by atoms with Gasteiger partial charge in [0, 0.05) is 36.4 Å². The first-order valence-corrected chi connectivity index (χ1v) is 11.3. The molecule has 0 spiro atoms. The number of aromatic nitrogens is 2. The molecule has 2 aliphatic heterocycles. The fourth-order valence-electron chi connectivity index (χ4n) is 3.64. The van der Waals surface area contributed by atoms with E-state index in [0.717, 1.165) is 35.7 Å². The summed E-state index contributed by atoms with van der Waals surface area (Å²) >= 11 is 1.56. The molecule has 2 aliphatic rings. The molecule has 1 radical (unpaired) electrons. The lowest BCUT2D eigenvalue weighted by molar-refractivity contribution is 0.0640. The van der Waals surface area contributed by atoms with Gasteiger partial charge in [-0.1, -0.05) is 63.0 Å². The van der Waals surface area contributed by atoms with Gasteiger partial charge in [0.15, 0.2) is 5.16 Å². The number of fused-ring (bicyclic) bond motifs is 1. The zero-order valence-electron chi connectivity index (χ0n) is 17.1. The molecule has 0 bridgehead atoms. The Kier molecular flexibility index (Phi) is 8.00. The van der Waals surface area contributed by atoms with Gasteiger partial charge in [0.1, 0.15) is 0 Å². The Labute approximate surface area is 200 Å². The van der Waals surface area contributed by atoms with Gasteiger partial charge < -0.3 is 15.0 Å². The lowest BCUT2D eigenvalue weighted by Crippen LogP contribution is -2.34. The van der Waals surface area contributed by atoms with E-state index in [0.29, 0.717) is 41.5 Å². The summed E-state index contributed by atoms with van der Waals surface area (Å²) in [6.45, 7) is 9.78. The van der Waals surface area contributed by atoms with Crippen LogP contribution in [-0.2, 0) is 11.3 Å². The van der Waals surface area contributed by atoms with E-state index in [-0.39, 0.29) is 20.4 Å². The van der Waals surface area contributed by atoms with Crippen LogP contribution in [0.1, 0.15) is 26.0 Å². The Morgan fingerprint density at radius 2 is 1.85 bits per heavy atom. The summed E-state index contributed by atoms with van der Waals surface area (Å²) in [5, 5.41) is 4.41. The number of nitrogens with one attached hydrogen (secondary N) is 1. The van der Waals surface area contributed by atoms with E-state index >= 15 is 0 Å². The number of morpholine rings is 1. The summed E-state index contributed by atoms with van der Waals surface area (Å²) < 4.78 is 7.19. The monoisotopic (exact) mass is 463 g/mol. The molecule has 3 aromatic rings. The highest BCUT2D eigenvalue weighted by Crippen LogP contribution is 2.25. The summed E-state index contributed by atoms with van der Waals surface area (Å²) in [5.41, 5.74) is 4.43. The molecule has 0 unspecified atom stereocenters. The predicted octanol–water partition coefficient (Wildman–Crippen LogP) is 4.36. The van der Waals surface area contributed by atoms with Crippen LogP contribution in [0, 0.1) is 6.58 Å². The third-order valence-electron chi connectivity index (χ3n) is 5.46. The molecule has 1 fully saturated rings. The van der Waals surface area contributed by atoms with E-state index < -0.39 is 0 Å². The lowest BCUT2D eigenvalue weighted by Gasteiger charge is -2.30. The normalized spacial score (nSPS) is 14.5. The van der Waals surface area contributed by atoms with Crippen molar-refractivity contribution in [1.29, 1.82) is 0 Å². The van der Waals surface area contributed by atoms with Crippen LogP contribution < -0.4 is 10.9 Å². The molecular weight excluding hydrogens is 432 g/mol. The van der Waals surface area contributed by atoms with Crippen molar-refractivity contribution in [1.82, 2.24) is 19.8 Å². The minimum atomic E-state index is -0.0365. The Balaban J connectivity index is 0.00000153. The van der Waals surface area contributed by atoms with Gasteiger partial charge in [0.05, 0.1) is 30.7 Å². The number of ether oxygens (including phenoxy) is 1. The topological polar surface area (TPSA) is 69.3 Å². The van der Waals surface area contributed by atoms with Crippen molar-refractivity contribution in [3.05, 3.63) is 88.5 Å². The lowest BCUT2D eigenvalue weighted by atomic mass is 10.1. The largest absolute Gasteiger partial charge is 0.378 e. The Bertz CT molecular complexity index is 1210. The van der Waals surface area contributed by atoms with Crippen LogP contribution >= 0.6 is 11.8 Å². The second-order valence-electron chi connectivity index (χ2n) is 7.59. The molecule has 5 rings (SSSR count). The maximum Gasteiger partial charge on any atom is 0.262 e. The first-order valence-electron chi connectivity index (χ1n) is 10.3. The van der Waals surface area contributed by atoms with Gasteiger partial charge in [0.25, 0.3) is 5.56 Å². The maximum absolute atomic E-state index is 13.4. The van der Waals surface area contributed by atoms with Crippen molar-refractivity contribution in [2.45, 2.75) is 26.6 Å². The summed E-state index contributed by atoms with van der Waals surface area (Å²) in [6, 6.07) is 15.7.